The van der Waals surface area contributed by atoms with Crippen LogP contribution in [0.15, 0.2) is 24.3 Å². The smallest absolute Gasteiger partial charge is 0.223 e. The Kier molecular flexibility index (Phi) is 4.38. The molecule has 0 bridgehead atoms. The molecule has 0 heterocycles. The van der Waals surface area contributed by atoms with E-state index in [4.69, 9.17) is 5.11 Å². The average Bonchev–Trinajstić information content (AvgIpc) is 3.21. The molecular weight excluding hydrogens is 226 g/mol. The lowest BCUT2D eigenvalue weighted by molar-refractivity contribution is -0.122. The second kappa shape index (κ2) is 6.23. The third kappa shape index (κ3) is 3.90. The summed E-state index contributed by atoms with van der Waals surface area (Å²) in [6.45, 7) is 0.648. The quantitative estimate of drug-likeness (QED) is 0.786. The van der Waals surface area contributed by atoms with Gasteiger partial charge in [-0.05, 0) is 30.5 Å². The topological polar surface area (TPSA) is 49.3 Å². The molecule has 0 radical (unpaired) electrons. The van der Waals surface area contributed by atoms with Crippen LogP contribution in [0.3, 0.4) is 0 Å². The molecule has 1 aliphatic carbocycles. The first-order valence-electron chi connectivity index (χ1n) is 6.26. The molecule has 2 N–H and O–H groups in total. The van der Waals surface area contributed by atoms with E-state index in [0.717, 1.165) is 24.0 Å². The number of carbonyl (C=O) groups is 1. The molecule has 2 rings (SSSR count). The fourth-order valence-electron chi connectivity index (χ4n) is 1.66. The lowest BCUT2D eigenvalue weighted by atomic mass is 10.1. The summed E-state index contributed by atoms with van der Waals surface area (Å²) in [5, 5.41) is 11.6. The Hall–Kier alpha value is -1.79. The van der Waals surface area contributed by atoms with E-state index in [1.807, 2.05) is 24.3 Å². The van der Waals surface area contributed by atoms with Crippen molar-refractivity contribution in [2.75, 3.05) is 6.61 Å². The van der Waals surface area contributed by atoms with Crippen LogP contribution in [0.25, 0.3) is 0 Å². The highest BCUT2D eigenvalue weighted by Crippen LogP contribution is 2.28. The van der Waals surface area contributed by atoms with Gasteiger partial charge in [-0.1, -0.05) is 24.0 Å². The Bertz CT molecular complexity index is 481. The SMILES string of the molecule is O=C(NCc1cccc(C#CCCO)c1)C1CC1. The molecule has 1 fully saturated rings. The molecule has 1 aliphatic rings. The second-order valence-corrected chi connectivity index (χ2v) is 4.47. The van der Waals surface area contributed by atoms with Gasteiger partial charge in [0.25, 0.3) is 0 Å². The summed E-state index contributed by atoms with van der Waals surface area (Å²) in [6, 6.07) is 7.81. The number of benzene rings is 1. The summed E-state index contributed by atoms with van der Waals surface area (Å²) in [4.78, 5) is 11.5. The molecule has 1 aromatic carbocycles. The summed E-state index contributed by atoms with van der Waals surface area (Å²) < 4.78 is 0. The molecule has 0 unspecified atom stereocenters. The minimum absolute atomic E-state index is 0.0874. The Morgan fingerprint density at radius 3 is 3.00 bits per heavy atom. The zero-order valence-corrected chi connectivity index (χ0v) is 10.3. The molecule has 0 spiro atoms. The Balaban J connectivity index is 1.90. The predicted octanol–water partition coefficient (Wildman–Crippen LogP) is 1.45. The van der Waals surface area contributed by atoms with Gasteiger partial charge >= 0.3 is 0 Å². The average molecular weight is 243 g/mol. The molecule has 1 amide bonds. The maximum absolute atomic E-state index is 11.5. The highest BCUT2D eigenvalue weighted by atomic mass is 16.2. The van der Waals surface area contributed by atoms with Crippen LogP contribution in [0.4, 0.5) is 0 Å². The highest BCUT2D eigenvalue weighted by molar-refractivity contribution is 5.80. The van der Waals surface area contributed by atoms with Crippen molar-refractivity contribution in [2.24, 2.45) is 5.92 Å². The molecule has 3 heteroatoms. The summed E-state index contributed by atoms with van der Waals surface area (Å²) in [5.74, 6) is 6.28. The van der Waals surface area contributed by atoms with Gasteiger partial charge in [-0.2, -0.15) is 0 Å². The normalized spacial score (nSPS) is 13.6. The van der Waals surface area contributed by atoms with Crippen molar-refractivity contribution in [2.45, 2.75) is 25.8 Å². The fraction of sp³-hybridized carbons (Fsp3) is 0.400. The summed E-state index contributed by atoms with van der Waals surface area (Å²) in [5.41, 5.74) is 1.97. The van der Waals surface area contributed by atoms with Gasteiger partial charge in [0.1, 0.15) is 0 Å². The van der Waals surface area contributed by atoms with E-state index in [1.165, 1.54) is 0 Å². The van der Waals surface area contributed by atoms with E-state index in [1.54, 1.807) is 0 Å². The first-order valence-corrected chi connectivity index (χ1v) is 6.26. The summed E-state index contributed by atoms with van der Waals surface area (Å²) in [6.07, 6.45) is 2.54. The van der Waals surface area contributed by atoms with E-state index >= 15 is 0 Å². The molecule has 3 nitrogen and oxygen atoms in total. The molecule has 0 aliphatic heterocycles. The van der Waals surface area contributed by atoms with Crippen molar-refractivity contribution in [3.8, 4) is 11.8 Å². The molecule has 1 aromatic rings. The summed E-state index contributed by atoms with van der Waals surface area (Å²) in [7, 11) is 0. The van der Waals surface area contributed by atoms with Crippen LogP contribution in [0.5, 0.6) is 0 Å². The third-order valence-corrected chi connectivity index (χ3v) is 2.81. The Labute approximate surface area is 107 Å². The van der Waals surface area contributed by atoms with Crippen LogP contribution in [-0.2, 0) is 11.3 Å². The van der Waals surface area contributed by atoms with Crippen molar-refractivity contribution in [1.29, 1.82) is 0 Å². The van der Waals surface area contributed by atoms with Gasteiger partial charge in [-0.3, -0.25) is 4.79 Å². The van der Waals surface area contributed by atoms with E-state index in [2.05, 4.69) is 17.2 Å². The largest absolute Gasteiger partial charge is 0.395 e. The fourth-order valence-corrected chi connectivity index (χ4v) is 1.66. The van der Waals surface area contributed by atoms with Gasteiger partial charge in [0.05, 0.1) is 6.61 Å². The molecular formula is C15H17NO2. The molecule has 0 aromatic heterocycles. The number of aliphatic hydroxyl groups is 1. The van der Waals surface area contributed by atoms with Gasteiger partial charge in [-0.15, -0.1) is 0 Å². The number of hydrogen-bond acceptors (Lipinski definition) is 2. The number of carbonyl (C=O) groups excluding carboxylic acids is 1. The van der Waals surface area contributed by atoms with E-state index < -0.39 is 0 Å². The van der Waals surface area contributed by atoms with Crippen molar-refractivity contribution >= 4 is 5.91 Å². The molecule has 94 valence electrons. The van der Waals surface area contributed by atoms with Gasteiger partial charge in [-0.25, -0.2) is 0 Å². The first-order chi connectivity index (χ1) is 8.79. The van der Waals surface area contributed by atoms with Gasteiger partial charge in [0.15, 0.2) is 0 Å². The standard InChI is InChI=1S/C15H17NO2/c17-9-2-1-4-12-5-3-6-13(10-12)11-16-15(18)14-7-8-14/h3,5-6,10,14,17H,2,7-9,11H2,(H,16,18). The van der Waals surface area contributed by atoms with Crippen LogP contribution in [0, 0.1) is 17.8 Å². The Morgan fingerprint density at radius 1 is 1.44 bits per heavy atom. The second-order valence-electron chi connectivity index (χ2n) is 4.47. The van der Waals surface area contributed by atoms with Gasteiger partial charge in [0.2, 0.25) is 5.91 Å². The number of rotatable bonds is 4. The van der Waals surface area contributed by atoms with Crippen molar-refractivity contribution in [3.63, 3.8) is 0 Å². The van der Waals surface area contributed by atoms with Gasteiger partial charge < -0.3 is 10.4 Å². The zero-order chi connectivity index (χ0) is 12.8. The van der Waals surface area contributed by atoms with Crippen molar-refractivity contribution < 1.29 is 9.90 Å². The van der Waals surface area contributed by atoms with Crippen LogP contribution >= 0.6 is 0 Å². The molecule has 18 heavy (non-hydrogen) atoms. The minimum Gasteiger partial charge on any atom is -0.395 e. The van der Waals surface area contributed by atoms with Crippen LogP contribution in [0.2, 0.25) is 0 Å². The number of amides is 1. The van der Waals surface area contributed by atoms with Gasteiger partial charge in [0, 0.05) is 24.4 Å². The molecule has 0 saturated heterocycles. The van der Waals surface area contributed by atoms with E-state index in [-0.39, 0.29) is 18.4 Å². The monoisotopic (exact) mass is 243 g/mol. The number of nitrogens with one attached hydrogen (secondary N) is 1. The van der Waals surface area contributed by atoms with Crippen LogP contribution in [0.1, 0.15) is 30.4 Å². The highest BCUT2D eigenvalue weighted by Gasteiger charge is 2.29. The maximum atomic E-state index is 11.5. The van der Waals surface area contributed by atoms with E-state index in [0.29, 0.717) is 13.0 Å². The Morgan fingerprint density at radius 2 is 2.28 bits per heavy atom. The van der Waals surface area contributed by atoms with Crippen LogP contribution < -0.4 is 5.32 Å². The van der Waals surface area contributed by atoms with Crippen LogP contribution in [-0.4, -0.2) is 17.6 Å². The number of hydrogen-bond donors (Lipinski definition) is 2. The van der Waals surface area contributed by atoms with Crippen molar-refractivity contribution in [3.05, 3.63) is 35.4 Å². The predicted molar refractivity (Wildman–Crippen MR) is 69.6 cm³/mol. The number of aliphatic hydroxyl groups excluding tert-OH is 1. The molecule has 0 atom stereocenters. The third-order valence-electron chi connectivity index (χ3n) is 2.81. The van der Waals surface area contributed by atoms with E-state index in [9.17, 15) is 4.79 Å². The lowest BCUT2D eigenvalue weighted by Crippen LogP contribution is -2.24. The zero-order valence-electron chi connectivity index (χ0n) is 10.3. The molecule has 1 saturated carbocycles. The maximum Gasteiger partial charge on any atom is 0.223 e. The first kappa shape index (κ1) is 12.7. The lowest BCUT2D eigenvalue weighted by Gasteiger charge is -2.04. The minimum atomic E-state index is 0.0874. The van der Waals surface area contributed by atoms with Crippen molar-refractivity contribution in [1.82, 2.24) is 5.32 Å². The summed E-state index contributed by atoms with van der Waals surface area (Å²) >= 11 is 0.